The molecule has 4 atom stereocenters. The number of fused-ring (bicyclic) bond motifs is 2. The molecular formula is C14H17NO4. The summed E-state index contributed by atoms with van der Waals surface area (Å²) in [6.07, 6.45) is 2.66. The summed E-state index contributed by atoms with van der Waals surface area (Å²) in [7, 11) is 0. The van der Waals surface area contributed by atoms with Gasteiger partial charge in [-0.2, -0.15) is 0 Å². The molecule has 3 aliphatic rings. The fraction of sp³-hybridized carbons (Fsp3) is 0.643. The fourth-order valence-corrected chi connectivity index (χ4v) is 4.03. The van der Waals surface area contributed by atoms with E-state index in [0.717, 1.165) is 19.3 Å². The minimum absolute atomic E-state index is 0.120. The maximum Gasteiger partial charge on any atom is 0.308 e. The Morgan fingerprint density at radius 3 is 2.16 bits per heavy atom. The molecule has 4 unspecified atom stereocenters. The Hall–Kier alpha value is -1.65. The first-order valence-corrected chi connectivity index (χ1v) is 6.71. The molecule has 0 aromatic heterocycles. The molecule has 102 valence electrons. The van der Waals surface area contributed by atoms with Crippen molar-refractivity contribution in [2.24, 2.45) is 17.8 Å². The molecule has 2 saturated carbocycles. The summed E-state index contributed by atoms with van der Waals surface area (Å²) in [5, 5.41) is 9.41. The van der Waals surface area contributed by atoms with Gasteiger partial charge < -0.3 is 5.11 Å². The van der Waals surface area contributed by atoms with Crippen molar-refractivity contribution >= 4 is 17.8 Å². The molecule has 2 amide bonds. The standard InChI is InChI=1S/C14H17NO4/c1-6-7(2)13(17)15(12(6)16)11-9-4-3-8(5-9)10(11)14(18)19/h8-11H,3-5H2,1-2H3,(H,18,19). The summed E-state index contributed by atoms with van der Waals surface area (Å²) < 4.78 is 0. The normalized spacial score (nSPS) is 37.7. The van der Waals surface area contributed by atoms with Gasteiger partial charge in [-0.25, -0.2) is 0 Å². The minimum atomic E-state index is -0.875. The van der Waals surface area contributed by atoms with Gasteiger partial charge in [0, 0.05) is 11.1 Å². The second-order valence-electron chi connectivity index (χ2n) is 5.92. The van der Waals surface area contributed by atoms with E-state index < -0.39 is 17.9 Å². The predicted molar refractivity (Wildman–Crippen MR) is 66.0 cm³/mol. The average molecular weight is 263 g/mol. The van der Waals surface area contributed by atoms with Crippen LogP contribution in [0.25, 0.3) is 0 Å². The van der Waals surface area contributed by atoms with Gasteiger partial charge in [-0.1, -0.05) is 0 Å². The first kappa shape index (κ1) is 12.4. The van der Waals surface area contributed by atoms with E-state index in [4.69, 9.17) is 0 Å². The maximum absolute atomic E-state index is 12.2. The van der Waals surface area contributed by atoms with Crippen molar-refractivity contribution in [2.45, 2.75) is 39.2 Å². The molecular weight excluding hydrogens is 246 g/mol. The van der Waals surface area contributed by atoms with Gasteiger partial charge in [-0.3, -0.25) is 19.3 Å². The maximum atomic E-state index is 12.2. The van der Waals surface area contributed by atoms with E-state index in [2.05, 4.69) is 0 Å². The smallest absolute Gasteiger partial charge is 0.308 e. The lowest BCUT2D eigenvalue weighted by atomic mass is 9.83. The number of imide groups is 1. The number of carboxylic acid groups (broad SMARTS) is 1. The molecule has 1 N–H and O–H groups in total. The monoisotopic (exact) mass is 263 g/mol. The Morgan fingerprint density at radius 2 is 1.63 bits per heavy atom. The zero-order chi connectivity index (χ0) is 13.9. The van der Waals surface area contributed by atoms with Crippen LogP contribution >= 0.6 is 0 Å². The summed E-state index contributed by atoms with van der Waals surface area (Å²) in [4.78, 5) is 37.1. The summed E-state index contributed by atoms with van der Waals surface area (Å²) >= 11 is 0. The van der Waals surface area contributed by atoms with Crippen molar-refractivity contribution in [1.29, 1.82) is 0 Å². The number of rotatable bonds is 2. The number of nitrogens with zero attached hydrogens (tertiary/aromatic N) is 1. The predicted octanol–water partition coefficient (Wildman–Crippen LogP) is 1.19. The highest BCUT2D eigenvalue weighted by atomic mass is 16.4. The second kappa shape index (κ2) is 3.92. The van der Waals surface area contributed by atoms with Gasteiger partial charge in [0.05, 0.1) is 12.0 Å². The van der Waals surface area contributed by atoms with Crippen molar-refractivity contribution in [3.63, 3.8) is 0 Å². The third-order valence-corrected chi connectivity index (χ3v) is 5.10. The topological polar surface area (TPSA) is 74.7 Å². The quantitative estimate of drug-likeness (QED) is 0.759. The molecule has 19 heavy (non-hydrogen) atoms. The fourth-order valence-electron chi connectivity index (χ4n) is 4.03. The van der Waals surface area contributed by atoms with Crippen molar-refractivity contribution in [1.82, 2.24) is 4.90 Å². The third kappa shape index (κ3) is 1.50. The Kier molecular flexibility index (Phi) is 2.56. The summed E-state index contributed by atoms with van der Waals surface area (Å²) in [5.74, 6) is -1.77. The van der Waals surface area contributed by atoms with Gasteiger partial charge in [0.15, 0.2) is 0 Å². The Labute approximate surface area is 111 Å². The largest absolute Gasteiger partial charge is 0.481 e. The Morgan fingerprint density at radius 1 is 1.11 bits per heavy atom. The van der Waals surface area contributed by atoms with E-state index >= 15 is 0 Å². The van der Waals surface area contributed by atoms with Gasteiger partial charge in [-0.05, 0) is 44.9 Å². The lowest BCUT2D eigenvalue weighted by Crippen LogP contribution is -2.50. The number of carboxylic acids is 1. The summed E-state index contributed by atoms with van der Waals surface area (Å²) in [5.41, 5.74) is 0.911. The molecule has 1 heterocycles. The van der Waals surface area contributed by atoms with Gasteiger partial charge in [0.25, 0.3) is 11.8 Å². The molecule has 2 aliphatic carbocycles. The highest BCUT2D eigenvalue weighted by Gasteiger charge is 2.56. The van der Waals surface area contributed by atoms with Crippen molar-refractivity contribution in [3.8, 4) is 0 Å². The molecule has 0 radical (unpaired) electrons. The lowest BCUT2D eigenvalue weighted by Gasteiger charge is -2.34. The highest BCUT2D eigenvalue weighted by molar-refractivity contribution is 6.19. The van der Waals surface area contributed by atoms with E-state index in [1.165, 1.54) is 4.90 Å². The van der Waals surface area contributed by atoms with E-state index in [-0.39, 0.29) is 23.7 Å². The van der Waals surface area contributed by atoms with Gasteiger partial charge >= 0.3 is 5.97 Å². The van der Waals surface area contributed by atoms with Gasteiger partial charge in [0.2, 0.25) is 0 Å². The molecule has 0 saturated heterocycles. The van der Waals surface area contributed by atoms with E-state index in [9.17, 15) is 19.5 Å². The molecule has 0 spiro atoms. The van der Waals surface area contributed by atoms with Crippen molar-refractivity contribution in [2.75, 3.05) is 0 Å². The van der Waals surface area contributed by atoms with Crippen LogP contribution < -0.4 is 0 Å². The van der Waals surface area contributed by atoms with E-state index in [1.807, 2.05) is 0 Å². The highest BCUT2D eigenvalue weighted by Crippen LogP contribution is 2.51. The van der Waals surface area contributed by atoms with E-state index in [1.54, 1.807) is 13.8 Å². The van der Waals surface area contributed by atoms with E-state index in [0.29, 0.717) is 11.1 Å². The third-order valence-electron chi connectivity index (χ3n) is 5.10. The van der Waals surface area contributed by atoms with Crippen molar-refractivity contribution in [3.05, 3.63) is 11.1 Å². The Bertz CT molecular complexity index is 498. The first-order chi connectivity index (χ1) is 8.93. The molecule has 2 fully saturated rings. The average Bonchev–Trinajstić information content (AvgIpc) is 3.01. The molecule has 0 aromatic rings. The Balaban J connectivity index is 1.97. The number of hydrogen-bond donors (Lipinski definition) is 1. The van der Waals surface area contributed by atoms with Crippen LogP contribution in [-0.2, 0) is 14.4 Å². The number of amides is 2. The van der Waals surface area contributed by atoms with Gasteiger partial charge in [0.1, 0.15) is 0 Å². The molecule has 3 rings (SSSR count). The molecule has 1 aliphatic heterocycles. The van der Waals surface area contributed by atoms with Crippen molar-refractivity contribution < 1.29 is 19.5 Å². The van der Waals surface area contributed by atoms with Crippen LogP contribution in [0.3, 0.4) is 0 Å². The molecule has 2 bridgehead atoms. The van der Waals surface area contributed by atoms with Gasteiger partial charge in [-0.15, -0.1) is 0 Å². The van der Waals surface area contributed by atoms with Crippen LogP contribution in [-0.4, -0.2) is 33.8 Å². The zero-order valence-corrected chi connectivity index (χ0v) is 11.0. The van der Waals surface area contributed by atoms with Crippen LogP contribution in [0.5, 0.6) is 0 Å². The molecule has 5 heteroatoms. The molecule has 5 nitrogen and oxygen atoms in total. The second-order valence-corrected chi connectivity index (χ2v) is 5.92. The van der Waals surface area contributed by atoms with Crippen LogP contribution in [0.2, 0.25) is 0 Å². The van der Waals surface area contributed by atoms with Crippen LogP contribution in [0.15, 0.2) is 11.1 Å². The van der Waals surface area contributed by atoms with Crippen LogP contribution in [0.4, 0.5) is 0 Å². The SMILES string of the molecule is CC1=C(C)C(=O)N(C2C3CCC(C3)C2C(=O)O)C1=O. The van der Waals surface area contributed by atoms with Crippen LogP contribution in [0, 0.1) is 17.8 Å². The summed E-state index contributed by atoms with van der Waals surface area (Å²) in [6, 6.07) is -0.441. The number of carbonyl (C=O) groups is 3. The lowest BCUT2D eigenvalue weighted by molar-refractivity contribution is -0.151. The summed E-state index contributed by atoms with van der Waals surface area (Å²) in [6.45, 7) is 3.27. The number of aliphatic carboxylic acids is 1. The van der Waals surface area contributed by atoms with Crippen LogP contribution in [0.1, 0.15) is 33.1 Å². The number of hydrogen-bond acceptors (Lipinski definition) is 3. The first-order valence-electron chi connectivity index (χ1n) is 6.71. The molecule has 0 aromatic carbocycles. The minimum Gasteiger partial charge on any atom is -0.481 e. The zero-order valence-electron chi connectivity index (χ0n) is 11.0. The number of carbonyl (C=O) groups excluding carboxylic acids is 2.